The molecule has 112 valence electrons. The molecule has 0 saturated heterocycles. The predicted molar refractivity (Wildman–Crippen MR) is 76.2 cm³/mol. The van der Waals surface area contributed by atoms with Gasteiger partial charge in [0.1, 0.15) is 6.61 Å². The molecule has 0 aromatic heterocycles. The maximum Gasteiger partial charge on any atom is 0.333 e. The van der Waals surface area contributed by atoms with Crippen LogP contribution in [0.3, 0.4) is 0 Å². The van der Waals surface area contributed by atoms with Gasteiger partial charge in [-0.1, -0.05) is 24.8 Å². The number of hydrogen-bond donors (Lipinski definition) is 3. The Labute approximate surface area is 122 Å². The van der Waals surface area contributed by atoms with Gasteiger partial charge < -0.3 is 10.1 Å². The Kier molecular flexibility index (Phi) is 6.46. The molecule has 1 aromatic carbocycles. The molecule has 1 rings (SSSR count). The van der Waals surface area contributed by atoms with Gasteiger partial charge in [0.15, 0.2) is 0 Å². The van der Waals surface area contributed by atoms with Crippen LogP contribution in [0.1, 0.15) is 17.3 Å². The highest BCUT2D eigenvalue weighted by Crippen LogP contribution is 1.96. The molecule has 0 heterocycles. The molecule has 3 amide bonds. The molecule has 21 heavy (non-hydrogen) atoms. The summed E-state index contributed by atoms with van der Waals surface area (Å²) in [6.45, 7) is 5.09. The van der Waals surface area contributed by atoms with Crippen LogP contribution in [0.5, 0.6) is 0 Å². The van der Waals surface area contributed by atoms with Gasteiger partial charge in [0.25, 0.3) is 5.91 Å². The predicted octanol–water partition coefficient (Wildman–Crippen LogP) is 0.750. The molecule has 0 unspecified atom stereocenters. The monoisotopic (exact) mass is 291 g/mol. The summed E-state index contributed by atoms with van der Waals surface area (Å²) in [6, 6.07) is 7.84. The second-order valence-electron chi connectivity index (χ2n) is 4.12. The molecule has 0 aliphatic carbocycles. The average molecular weight is 291 g/mol. The molecule has 0 bridgehead atoms. The number of nitrogens with one attached hydrogen (secondary N) is 3. The lowest BCUT2D eigenvalue weighted by Crippen LogP contribution is -2.47. The third-order valence-corrected chi connectivity index (χ3v) is 2.29. The molecule has 1 aromatic rings. The van der Waals surface area contributed by atoms with E-state index in [0.29, 0.717) is 5.56 Å². The quantitative estimate of drug-likeness (QED) is 0.323. The fraction of sp³-hybridized carbons (Fsp3) is 0.214. The number of hydrogen-bond acceptors (Lipinski definition) is 4. The van der Waals surface area contributed by atoms with Crippen LogP contribution in [-0.4, -0.2) is 31.1 Å². The Morgan fingerprint density at radius 1 is 1.14 bits per heavy atom. The maximum absolute atomic E-state index is 11.6. The van der Waals surface area contributed by atoms with Crippen molar-refractivity contribution in [2.24, 2.45) is 0 Å². The first-order valence-corrected chi connectivity index (χ1v) is 6.22. The minimum atomic E-state index is -0.606. The standard InChI is InChI=1S/C14H17N3O4/c1-10(2)13(19)21-9-8-15-14(20)17-16-12(18)11-6-4-3-5-7-11/h3-7H,1,8-9H2,2H3,(H,16,18)(H2,15,17,20). The zero-order valence-electron chi connectivity index (χ0n) is 11.6. The first-order valence-electron chi connectivity index (χ1n) is 6.22. The average Bonchev–Trinajstić information content (AvgIpc) is 2.49. The molecule has 0 radical (unpaired) electrons. The van der Waals surface area contributed by atoms with E-state index in [1.165, 1.54) is 6.92 Å². The number of carbonyl (C=O) groups is 3. The van der Waals surface area contributed by atoms with Gasteiger partial charge in [-0.05, 0) is 19.1 Å². The number of benzene rings is 1. The second-order valence-corrected chi connectivity index (χ2v) is 4.12. The smallest absolute Gasteiger partial charge is 0.333 e. The third kappa shape index (κ3) is 6.24. The van der Waals surface area contributed by atoms with E-state index in [1.54, 1.807) is 30.3 Å². The van der Waals surface area contributed by atoms with Crippen LogP contribution in [0.2, 0.25) is 0 Å². The lowest BCUT2D eigenvalue weighted by molar-refractivity contribution is -0.138. The Balaban J connectivity index is 2.18. The van der Waals surface area contributed by atoms with Crippen molar-refractivity contribution in [3.63, 3.8) is 0 Å². The summed E-state index contributed by atoms with van der Waals surface area (Å²) in [7, 11) is 0. The number of hydrazine groups is 1. The molecular weight excluding hydrogens is 274 g/mol. The zero-order valence-corrected chi connectivity index (χ0v) is 11.6. The third-order valence-electron chi connectivity index (χ3n) is 2.29. The first-order chi connectivity index (χ1) is 10.0. The van der Waals surface area contributed by atoms with Gasteiger partial charge in [0, 0.05) is 11.1 Å². The first kappa shape index (κ1) is 16.2. The van der Waals surface area contributed by atoms with E-state index in [9.17, 15) is 14.4 Å². The van der Waals surface area contributed by atoms with E-state index in [-0.39, 0.29) is 18.7 Å². The van der Waals surface area contributed by atoms with Crippen molar-refractivity contribution < 1.29 is 19.1 Å². The lowest BCUT2D eigenvalue weighted by Gasteiger charge is -2.09. The summed E-state index contributed by atoms with van der Waals surface area (Å²) in [4.78, 5) is 34.0. The number of amides is 3. The molecule has 0 aliphatic rings. The Bertz CT molecular complexity index is 528. The van der Waals surface area contributed by atoms with Crippen molar-refractivity contribution in [3.8, 4) is 0 Å². The molecule has 0 spiro atoms. The number of esters is 1. The summed E-state index contributed by atoms with van der Waals surface area (Å²) in [5.41, 5.74) is 5.14. The van der Waals surface area contributed by atoms with Crippen molar-refractivity contribution in [1.29, 1.82) is 0 Å². The summed E-state index contributed by atoms with van der Waals surface area (Å²) in [5.74, 6) is -0.950. The van der Waals surface area contributed by atoms with Gasteiger partial charge >= 0.3 is 12.0 Å². The Hall–Kier alpha value is -2.83. The summed E-state index contributed by atoms with van der Waals surface area (Å²) in [5, 5.41) is 2.41. The van der Waals surface area contributed by atoms with Crippen LogP contribution in [0.4, 0.5) is 4.79 Å². The number of carbonyl (C=O) groups excluding carboxylic acids is 3. The van der Waals surface area contributed by atoms with Crippen LogP contribution >= 0.6 is 0 Å². The van der Waals surface area contributed by atoms with Crippen molar-refractivity contribution in [2.45, 2.75) is 6.92 Å². The molecule has 0 atom stereocenters. The number of ether oxygens (including phenoxy) is 1. The van der Waals surface area contributed by atoms with Crippen molar-refractivity contribution in [3.05, 3.63) is 48.0 Å². The second kappa shape index (κ2) is 8.36. The molecule has 0 aliphatic heterocycles. The van der Waals surface area contributed by atoms with Crippen LogP contribution in [-0.2, 0) is 9.53 Å². The minimum absolute atomic E-state index is 0.0196. The van der Waals surface area contributed by atoms with Gasteiger partial charge in [-0.15, -0.1) is 0 Å². The van der Waals surface area contributed by atoms with Gasteiger partial charge in [0.2, 0.25) is 0 Å². The topological polar surface area (TPSA) is 96.5 Å². The Morgan fingerprint density at radius 2 is 1.81 bits per heavy atom. The van der Waals surface area contributed by atoms with Crippen LogP contribution in [0.25, 0.3) is 0 Å². The molecule has 7 nitrogen and oxygen atoms in total. The van der Waals surface area contributed by atoms with Crippen molar-refractivity contribution in [2.75, 3.05) is 13.2 Å². The SMILES string of the molecule is C=C(C)C(=O)OCCNC(=O)NNC(=O)c1ccccc1. The summed E-state index contributed by atoms with van der Waals surface area (Å²) >= 11 is 0. The maximum atomic E-state index is 11.6. The normalized spacial score (nSPS) is 9.38. The highest BCUT2D eigenvalue weighted by Gasteiger charge is 2.06. The fourth-order valence-corrected chi connectivity index (χ4v) is 1.25. The zero-order chi connectivity index (χ0) is 15.7. The number of rotatable bonds is 5. The van der Waals surface area contributed by atoms with Crippen molar-refractivity contribution in [1.82, 2.24) is 16.2 Å². The molecule has 0 fully saturated rings. The highest BCUT2D eigenvalue weighted by molar-refractivity contribution is 5.95. The van der Waals surface area contributed by atoms with Crippen LogP contribution in [0, 0.1) is 0 Å². The van der Waals surface area contributed by atoms with Gasteiger partial charge in [-0.25, -0.2) is 15.0 Å². The molecule has 3 N–H and O–H groups in total. The van der Waals surface area contributed by atoms with Gasteiger partial charge in [-0.3, -0.25) is 10.2 Å². The van der Waals surface area contributed by atoms with E-state index in [2.05, 4.69) is 22.7 Å². The highest BCUT2D eigenvalue weighted by atomic mass is 16.5. The van der Waals surface area contributed by atoms with Crippen LogP contribution < -0.4 is 16.2 Å². The fourth-order valence-electron chi connectivity index (χ4n) is 1.25. The number of urea groups is 1. The van der Waals surface area contributed by atoms with Crippen LogP contribution in [0.15, 0.2) is 42.5 Å². The van der Waals surface area contributed by atoms with E-state index in [4.69, 9.17) is 4.74 Å². The molecule has 0 saturated carbocycles. The Morgan fingerprint density at radius 3 is 2.43 bits per heavy atom. The van der Waals surface area contributed by atoms with Gasteiger partial charge in [0.05, 0.1) is 6.54 Å². The summed E-state index contributed by atoms with van der Waals surface area (Å²) < 4.78 is 4.78. The molecule has 7 heteroatoms. The van der Waals surface area contributed by atoms with E-state index in [1.807, 2.05) is 0 Å². The van der Waals surface area contributed by atoms with E-state index >= 15 is 0 Å². The molecular formula is C14H17N3O4. The largest absolute Gasteiger partial charge is 0.460 e. The lowest BCUT2D eigenvalue weighted by atomic mass is 10.2. The van der Waals surface area contributed by atoms with E-state index < -0.39 is 17.9 Å². The van der Waals surface area contributed by atoms with Crippen molar-refractivity contribution >= 4 is 17.9 Å². The minimum Gasteiger partial charge on any atom is -0.460 e. The summed E-state index contributed by atoms with van der Waals surface area (Å²) in [6.07, 6.45) is 0. The van der Waals surface area contributed by atoms with Gasteiger partial charge in [-0.2, -0.15) is 0 Å². The van der Waals surface area contributed by atoms with E-state index in [0.717, 1.165) is 0 Å².